The monoisotopic (exact) mass is 282 g/mol. The lowest BCUT2D eigenvalue weighted by atomic mass is 10.3. The van der Waals surface area contributed by atoms with Gasteiger partial charge in [0, 0.05) is 13.1 Å². The lowest BCUT2D eigenvalue weighted by Gasteiger charge is -2.11. The van der Waals surface area contributed by atoms with Crippen LogP contribution in [0.1, 0.15) is 13.3 Å². The van der Waals surface area contributed by atoms with Crippen molar-refractivity contribution in [2.45, 2.75) is 19.4 Å². The molecule has 0 aliphatic rings. The molecule has 0 fully saturated rings. The zero-order valence-electron chi connectivity index (χ0n) is 10.8. The summed E-state index contributed by atoms with van der Waals surface area (Å²) in [4.78, 5) is 9.72. The van der Waals surface area contributed by atoms with Crippen molar-refractivity contribution in [1.82, 2.24) is 9.97 Å². The first-order valence-electron chi connectivity index (χ1n) is 6.26. The van der Waals surface area contributed by atoms with Crippen LogP contribution in [0.5, 0.6) is 0 Å². The van der Waals surface area contributed by atoms with E-state index in [1.165, 1.54) is 0 Å². The number of hydrogen-bond donors (Lipinski definition) is 4. The van der Waals surface area contributed by atoms with Crippen LogP contribution in [0, 0.1) is 0 Å². The Balaban J connectivity index is 2.21. The van der Waals surface area contributed by atoms with Gasteiger partial charge in [-0.15, -0.1) is 11.3 Å². The first-order chi connectivity index (χ1) is 9.24. The molecular formula is C12H18N4O2S. The molecule has 0 spiro atoms. The minimum Gasteiger partial charge on any atom is -0.394 e. The molecule has 4 N–H and O–H groups in total. The summed E-state index contributed by atoms with van der Waals surface area (Å²) in [7, 11) is 0. The van der Waals surface area contributed by atoms with Gasteiger partial charge in [-0.05, 0) is 17.9 Å². The lowest BCUT2D eigenvalue weighted by Crippen LogP contribution is -2.23. The van der Waals surface area contributed by atoms with Crippen LogP contribution < -0.4 is 10.6 Å². The van der Waals surface area contributed by atoms with Gasteiger partial charge in [-0.2, -0.15) is 4.98 Å². The molecule has 0 saturated heterocycles. The van der Waals surface area contributed by atoms with Gasteiger partial charge < -0.3 is 20.8 Å². The molecule has 0 bridgehead atoms. The molecule has 0 amide bonds. The Morgan fingerprint density at radius 3 is 2.95 bits per heavy atom. The number of nitrogens with one attached hydrogen (secondary N) is 2. The lowest BCUT2D eigenvalue weighted by molar-refractivity contribution is 0.105. The number of anilines is 2. The SMILES string of the molecule is CCCNc1nc(NCC(O)CO)c2ccsc2n1. The van der Waals surface area contributed by atoms with Gasteiger partial charge in [0.2, 0.25) is 5.95 Å². The van der Waals surface area contributed by atoms with Gasteiger partial charge in [0.1, 0.15) is 10.6 Å². The Morgan fingerprint density at radius 1 is 1.37 bits per heavy atom. The minimum absolute atomic E-state index is 0.256. The van der Waals surface area contributed by atoms with Gasteiger partial charge >= 0.3 is 0 Å². The molecule has 0 aliphatic carbocycles. The Hall–Kier alpha value is -1.44. The van der Waals surface area contributed by atoms with Crippen molar-refractivity contribution in [1.29, 1.82) is 0 Å². The molecule has 19 heavy (non-hydrogen) atoms. The van der Waals surface area contributed by atoms with Crippen molar-refractivity contribution in [2.75, 3.05) is 30.3 Å². The molecular weight excluding hydrogens is 264 g/mol. The molecule has 7 heteroatoms. The van der Waals surface area contributed by atoms with Gasteiger partial charge in [0.25, 0.3) is 0 Å². The maximum absolute atomic E-state index is 9.38. The second-order valence-corrected chi connectivity index (χ2v) is 5.07. The summed E-state index contributed by atoms with van der Waals surface area (Å²) in [5.41, 5.74) is 0. The summed E-state index contributed by atoms with van der Waals surface area (Å²) in [6.07, 6.45) is 0.202. The number of fused-ring (bicyclic) bond motifs is 1. The van der Waals surface area contributed by atoms with Crippen molar-refractivity contribution in [2.24, 2.45) is 0 Å². The molecule has 6 nitrogen and oxygen atoms in total. The van der Waals surface area contributed by atoms with Crippen molar-refractivity contribution in [3.05, 3.63) is 11.4 Å². The van der Waals surface area contributed by atoms with Gasteiger partial charge in [-0.3, -0.25) is 0 Å². The van der Waals surface area contributed by atoms with Crippen LogP contribution in [0.25, 0.3) is 10.2 Å². The van der Waals surface area contributed by atoms with E-state index < -0.39 is 6.10 Å². The molecule has 0 aromatic carbocycles. The summed E-state index contributed by atoms with van der Waals surface area (Å²) in [6, 6.07) is 1.94. The normalized spacial score (nSPS) is 12.6. The predicted molar refractivity (Wildman–Crippen MR) is 77.8 cm³/mol. The highest BCUT2D eigenvalue weighted by Gasteiger charge is 2.10. The second-order valence-electron chi connectivity index (χ2n) is 4.18. The first kappa shape index (κ1) is 14.0. The minimum atomic E-state index is -0.796. The van der Waals surface area contributed by atoms with E-state index in [4.69, 9.17) is 5.11 Å². The van der Waals surface area contributed by atoms with Crippen LogP contribution in [0.2, 0.25) is 0 Å². The summed E-state index contributed by atoms with van der Waals surface area (Å²) in [6.45, 7) is 2.88. The Bertz CT molecular complexity index is 531. The van der Waals surface area contributed by atoms with E-state index in [1.807, 2.05) is 11.4 Å². The number of rotatable bonds is 7. The maximum atomic E-state index is 9.38. The van der Waals surface area contributed by atoms with E-state index in [0.29, 0.717) is 11.8 Å². The Labute approximate surface area is 115 Å². The van der Waals surface area contributed by atoms with Crippen LogP contribution in [0.3, 0.4) is 0 Å². The van der Waals surface area contributed by atoms with Gasteiger partial charge in [0.15, 0.2) is 0 Å². The standard InChI is InChI=1S/C12H18N4O2S/c1-2-4-13-12-15-10(14-6-8(18)7-17)9-3-5-19-11(9)16-12/h3,5,8,17-18H,2,4,6-7H2,1H3,(H2,13,14,15,16). The highest BCUT2D eigenvalue weighted by atomic mass is 32.1. The molecule has 0 saturated carbocycles. The highest BCUT2D eigenvalue weighted by molar-refractivity contribution is 7.16. The van der Waals surface area contributed by atoms with Crippen LogP contribution in [0.15, 0.2) is 11.4 Å². The summed E-state index contributed by atoms with van der Waals surface area (Å²) in [5.74, 6) is 1.26. The fourth-order valence-electron chi connectivity index (χ4n) is 1.59. The average molecular weight is 282 g/mol. The van der Waals surface area contributed by atoms with Crippen molar-refractivity contribution in [3.63, 3.8) is 0 Å². The van der Waals surface area contributed by atoms with E-state index >= 15 is 0 Å². The molecule has 2 aromatic rings. The van der Waals surface area contributed by atoms with Gasteiger partial charge in [0.05, 0.1) is 18.1 Å². The number of hydrogen-bond acceptors (Lipinski definition) is 7. The Kier molecular flexibility index (Phi) is 4.89. The number of thiophene rings is 1. The Morgan fingerprint density at radius 2 is 2.21 bits per heavy atom. The fraction of sp³-hybridized carbons (Fsp3) is 0.500. The largest absolute Gasteiger partial charge is 0.394 e. The van der Waals surface area contributed by atoms with E-state index in [9.17, 15) is 5.11 Å². The summed E-state index contributed by atoms with van der Waals surface area (Å²) in [5, 5.41) is 27.3. The summed E-state index contributed by atoms with van der Waals surface area (Å²) >= 11 is 1.55. The summed E-state index contributed by atoms with van der Waals surface area (Å²) < 4.78 is 0. The molecule has 1 atom stereocenters. The molecule has 0 aliphatic heterocycles. The van der Waals surface area contributed by atoms with Crippen LogP contribution in [-0.4, -0.2) is 46.0 Å². The quantitative estimate of drug-likeness (QED) is 0.611. The third-order valence-corrected chi connectivity index (χ3v) is 3.38. The third-order valence-electron chi connectivity index (χ3n) is 2.57. The molecule has 2 aromatic heterocycles. The van der Waals surface area contributed by atoms with Crippen molar-refractivity contribution < 1.29 is 10.2 Å². The maximum Gasteiger partial charge on any atom is 0.226 e. The van der Waals surface area contributed by atoms with E-state index in [2.05, 4.69) is 27.5 Å². The number of aromatic nitrogens is 2. The molecule has 1 unspecified atom stereocenters. The highest BCUT2D eigenvalue weighted by Crippen LogP contribution is 2.26. The van der Waals surface area contributed by atoms with Crippen LogP contribution in [0.4, 0.5) is 11.8 Å². The van der Waals surface area contributed by atoms with Crippen molar-refractivity contribution >= 4 is 33.3 Å². The van der Waals surface area contributed by atoms with E-state index in [0.717, 1.165) is 23.2 Å². The van der Waals surface area contributed by atoms with E-state index in [1.54, 1.807) is 11.3 Å². The average Bonchev–Trinajstić information content (AvgIpc) is 2.90. The third kappa shape index (κ3) is 3.52. The van der Waals surface area contributed by atoms with Gasteiger partial charge in [-0.25, -0.2) is 4.98 Å². The number of nitrogens with zero attached hydrogens (tertiary/aromatic N) is 2. The van der Waals surface area contributed by atoms with E-state index in [-0.39, 0.29) is 13.2 Å². The van der Waals surface area contributed by atoms with Crippen LogP contribution in [-0.2, 0) is 0 Å². The van der Waals surface area contributed by atoms with Gasteiger partial charge in [-0.1, -0.05) is 6.92 Å². The van der Waals surface area contributed by atoms with Crippen LogP contribution >= 0.6 is 11.3 Å². The molecule has 104 valence electrons. The topological polar surface area (TPSA) is 90.3 Å². The number of aliphatic hydroxyl groups excluding tert-OH is 2. The smallest absolute Gasteiger partial charge is 0.226 e. The molecule has 2 heterocycles. The molecule has 2 rings (SSSR count). The fourth-order valence-corrected chi connectivity index (χ4v) is 2.35. The van der Waals surface area contributed by atoms with Crippen molar-refractivity contribution in [3.8, 4) is 0 Å². The predicted octanol–water partition coefficient (Wildman–Crippen LogP) is 1.28. The number of aliphatic hydroxyl groups is 2. The zero-order chi connectivity index (χ0) is 13.7. The second kappa shape index (κ2) is 6.65. The zero-order valence-corrected chi connectivity index (χ0v) is 11.6. The molecule has 0 radical (unpaired) electrons. The first-order valence-corrected chi connectivity index (χ1v) is 7.14.